The van der Waals surface area contributed by atoms with Gasteiger partial charge >= 0.3 is 5.97 Å². The van der Waals surface area contributed by atoms with Crippen LogP contribution in [0, 0.1) is 0 Å². The van der Waals surface area contributed by atoms with Gasteiger partial charge in [-0.3, -0.25) is 0 Å². The maximum atomic E-state index is 12.5. The maximum absolute atomic E-state index is 12.5. The number of sulfone groups is 1. The van der Waals surface area contributed by atoms with E-state index in [0.717, 1.165) is 5.41 Å². The Morgan fingerprint density at radius 1 is 1.16 bits per heavy atom. The molecule has 0 fully saturated rings. The van der Waals surface area contributed by atoms with Crippen molar-refractivity contribution in [3.63, 3.8) is 0 Å². The highest BCUT2D eigenvalue weighted by Crippen LogP contribution is 2.19. The first-order chi connectivity index (χ1) is 11.5. The first-order valence-electron chi connectivity index (χ1n) is 7.56. The van der Waals surface area contributed by atoms with Gasteiger partial charge in [0.15, 0.2) is 9.84 Å². The van der Waals surface area contributed by atoms with Crippen LogP contribution in [0.4, 0.5) is 0 Å². The Kier molecular flexibility index (Phi) is 8.08. The first kappa shape index (κ1) is 21.6. The molecule has 1 aromatic carbocycles. The summed E-state index contributed by atoms with van der Waals surface area (Å²) in [6.07, 6.45) is 0. The minimum absolute atomic E-state index is 0.0230. The first-order valence-corrected chi connectivity index (χ1v) is 9.49. The Balaban J connectivity index is 3.08. The van der Waals surface area contributed by atoms with E-state index in [0.29, 0.717) is 11.6 Å². The van der Waals surface area contributed by atoms with Crippen LogP contribution in [0.5, 0.6) is 0 Å². The van der Waals surface area contributed by atoms with E-state index in [-0.39, 0.29) is 23.7 Å². The average molecular weight is 391 g/mol. The van der Waals surface area contributed by atoms with Crippen molar-refractivity contribution in [1.82, 2.24) is 0 Å². The number of methoxy groups -OCH3 is 1. The van der Waals surface area contributed by atoms with Crippen LogP contribution in [-0.4, -0.2) is 46.9 Å². The molecular formula is C17H23ClO6S. The summed E-state index contributed by atoms with van der Waals surface area (Å²) in [6.45, 7) is 5.43. The van der Waals surface area contributed by atoms with Gasteiger partial charge in [0.25, 0.3) is 0 Å². The molecule has 0 saturated carbocycles. The monoisotopic (exact) mass is 390 g/mol. The summed E-state index contributed by atoms with van der Waals surface area (Å²) < 4.78 is 40.4. The van der Waals surface area contributed by atoms with Crippen LogP contribution in [0.2, 0.25) is 5.02 Å². The van der Waals surface area contributed by atoms with Gasteiger partial charge in [-0.1, -0.05) is 11.6 Å². The molecule has 0 atom stereocenters. The van der Waals surface area contributed by atoms with E-state index in [1.165, 1.54) is 31.4 Å². The second-order valence-corrected chi connectivity index (χ2v) is 8.42. The molecule has 1 rings (SSSR count). The van der Waals surface area contributed by atoms with Gasteiger partial charge in [0, 0.05) is 17.5 Å². The molecule has 0 aliphatic rings. The molecule has 1 aromatic rings. The zero-order valence-electron chi connectivity index (χ0n) is 14.7. The molecular weight excluding hydrogens is 368 g/mol. The molecule has 140 valence electrons. The summed E-state index contributed by atoms with van der Waals surface area (Å²) >= 11 is 5.77. The highest BCUT2D eigenvalue weighted by atomic mass is 35.5. The Morgan fingerprint density at radius 3 is 2.28 bits per heavy atom. The number of hydrogen-bond donors (Lipinski definition) is 0. The third kappa shape index (κ3) is 8.00. The molecule has 0 radical (unpaired) electrons. The smallest absolute Gasteiger partial charge is 0.337 e. The molecule has 25 heavy (non-hydrogen) atoms. The predicted molar refractivity (Wildman–Crippen MR) is 95.3 cm³/mol. The third-order valence-corrected chi connectivity index (χ3v) is 4.57. The van der Waals surface area contributed by atoms with E-state index in [1.54, 1.807) is 20.8 Å². The standard InChI is InChI=1S/C17H23ClO6S/c1-17(2,3)24-16(19)13(11-23-10-9-22-4)12-25(20,21)15-7-5-14(18)6-8-15/h5-8,12H,9-11H2,1-4H3/b13-12+. The van der Waals surface area contributed by atoms with Gasteiger partial charge in [0.05, 0.1) is 30.3 Å². The van der Waals surface area contributed by atoms with Crippen molar-refractivity contribution in [2.24, 2.45) is 0 Å². The fourth-order valence-corrected chi connectivity index (χ4v) is 3.01. The number of hydrogen-bond acceptors (Lipinski definition) is 6. The van der Waals surface area contributed by atoms with E-state index < -0.39 is 21.4 Å². The predicted octanol–water partition coefficient (Wildman–Crippen LogP) is 3.00. The molecule has 0 unspecified atom stereocenters. The van der Waals surface area contributed by atoms with E-state index in [1.807, 2.05) is 0 Å². The van der Waals surface area contributed by atoms with Crippen LogP contribution in [0.15, 0.2) is 40.1 Å². The molecule has 0 heterocycles. The minimum Gasteiger partial charge on any atom is -0.457 e. The number of carbonyl (C=O) groups excluding carboxylic acids is 1. The summed E-state index contributed by atoms with van der Waals surface area (Å²) in [5.74, 6) is -0.748. The number of halogens is 1. The van der Waals surface area contributed by atoms with Gasteiger partial charge in [0.1, 0.15) is 5.60 Å². The quantitative estimate of drug-likeness (QED) is 0.385. The number of esters is 1. The van der Waals surface area contributed by atoms with Crippen molar-refractivity contribution in [3.05, 3.63) is 40.3 Å². The molecule has 0 spiro atoms. The van der Waals surface area contributed by atoms with Crippen molar-refractivity contribution < 1.29 is 27.4 Å². The molecule has 8 heteroatoms. The molecule has 0 aliphatic carbocycles. The molecule has 0 N–H and O–H groups in total. The number of ether oxygens (including phenoxy) is 3. The number of rotatable bonds is 8. The average Bonchev–Trinajstić information content (AvgIpc) is 2.49. The SMILES string of the molecule is COCCOC/C(=C\S(=O)(=O)c1ccc(Cl)cc1)C(=O)OC(C)(C)C. The second kappa shape index (κ2) is 9.33. The number of carbonyl (C=O) groups is 1. The van der Waals surface area contributed by atoms with Crippen molar-refractivity contribution >= 4 is 27.4 Å². The Morgan fingerprint density at radius 2 is 1.76 bits per heavy atom. The molecule has 0 bridgehead atoms. The van der Waals surface area contributed by atoms with Gasteiger partial charge in [-0.15, -0.1) is 0 Å². The lowest BCUT2D eigenvalue weighted by Gasteiger charge is -2.20. The van der Waals surface area contributed by atoms with E-state index in [2.05, 4.69) is 0 Å². The molecule has 0 saturated heterocycles. The third-order valence-electron chi connectivity index (χ3n) is 2.79. The van der Waals surface area contributed by atoms with Gasteiger partial charge in [0.2, 0.25) is 0 Å². The van der Waals surface area contributed by atoms with E-state index >= 15 is 0 Å². The Bertz CT molecular complexity index is 702. The topological polar surface area (TPSA) is 78.9 Å². The van der Waals surface area contributed by atoms with Crippen LogP contribution in [0.1, 0.15) is 20.8 Å². The van der Waals surface area contributed by atoms with Gasteiger partial charge in [-0.05, 0) is 45.0 Å². The lowest BCUT2D eigenvalue weighted by Crippen LogP contribution is -2.26. The van der Waals surface area contributed by atoms with Crippen LogP contribution in [0.25, 0.3) is 0 Å². The van der Waals surface area contributed by atoms with Gasteiger partial charge in [-0.2, -0.15) is 0 Å². The normalized spacial score (nSPS) is 12.9. The minimum atomic E-state index is -3.85. The van der Waals surface area contributed by atoms with Crippen LogP contribution in [0.3, 0.4) is 0 Å². The largest absolute Gasteiger partial charge is 0.457 e. The van der Waals surface area contributed by atoms with Gasteiger partial charge < -0.3 is 14.2 Å². The lowest BCUT2D eigenvalue weighted by molar-refractivity contribution is -0.150. The van der Waals surface area contributed by atoms with Gasteiger partial charge in [-0.25, -0.2) is 13.2 Å². The van der Waals surface area contributed by atoms with E-state index in [9.17, 15) is 13.2 Å². The molecule has 0 aromatic heterocycles. The van der Waals surface area contributed by atoms with Crippen molar-refractivity contribution in [3.8, 4) is 0 Å². The summed E-state index contributed by atoms with van der Waals surface area (Å²) in [6, 6.07) is 5.66. The van der Waals surface area contributed by atoms with Crippen molar-refractivity contribution in [2.75, 3.05) is 26.9 Å². The van der Waals surface area contributed by atoms with Crippen molar-refractivity contribution in [1.29, 1.82) is 0 Å². The van der Waals surface area contributed by atoms with Crippen LogP contribution >= 0.6 is 11.6 Å². The summed E-state index contributed by atoms with van der Waals surface area (Å²) in [5.41, 5.74) is -0.854. The summed E-state index contributed by atoms with van der Waals surface area (Å²) in [5, 5.41) is 1.29. The fourth-order valence-electron chi connectivity index (χ4n) is 1.69. The van der Waals surface area contributed by atoms with Crippen molar-refractivity contribution in [2.45, 2.75) is 31.3 Å². The second-order valence-electron chi connectivity index (χ2n) is 6.19. The Labute approximate surface area is 153 Å². The maximum Gasteiger partial charge on any atom is 0.337 e. The number of benzene rings is 1. The van der Waals surface area contributed by atoms with Crippen LogP contribution in [-0.2, 0) is 28.8 Å². The Hall–Kier alpha value is -1.41. The summed E-state index contributed by atoms with van der Waals surface area (Å²) in [4.78, 5) is 12.3. The summed E-state index contributed by atoms with van der Waals surface area (Å²) in [7, 11) is -2.34. The molecule has 0 aliphatic heterocycles. The zero-order valence-corrected chi connectivity index (χ0v) is 16.3. The zero-order chi connectivity index (χ0) is 19.1. The fraction of sp³-hybridized carbons (Fsp3) is 0.471. The van der Waals surface area contributed by atoms with E-state index in [4.69, 9.17) is 25.8 Å². The highest BCUT2D eigenvalue weighted by Gasteiger charge is 2.23. The highest BCUT2D eigenvalue weighted by molar-refractivity contribution is 7.94. The molecule has 0 amide bonds. The van der Waals surface area contributed by atoms with Crippen LogP contribution < -0.4 is 0 Å². The lowest BCUT2D eigenvalue weighted by atomic mass is 10.2. The molecule has 6 nitrogen and oxygen atoms in total.